The third kappa shape index (κ3) is 4.57. The molecular formula is C21H22FN5O3. The van der Waals surface area contributed by atoms with E-state index in [0.717, 1.165) is 11.3 Å². The van der Waals surface area contributed by atoms with Gasteiger partial charge < -0.3 is 25.8 Å². The van der Waals surface area contributed by atoms with Crippen molar-refractivity contribution in [3.05, 3.63) is 65.2 Å². The van der Waals surface area contributed by atoms with Gasteiger partial charge in [0.05, 0.1) is 30.9 Å². The van der Waals surface area contributed by atoms with Crippen LogP contribution < -0.4 is 25.8 Å². The standard InChI is InChI=1S/C21H22FN5O3/c1-12-5-4-6-16(23)19(12)27-21-25-9-15(10-26-21)30-11-14-7-13(20(28)24-2)8-17(29-3)18(14)22/h4-10H,11,23H2,1-3H3,(H,24,28)(H,25,26,27). The Morgan fingerprint density at radius 3 is 2.60 bits per heavy atom. The quantitative estimate of drug-likeness (QED) is 0.512. The van der Waals surface area contributed by atoms with Gasteiger partial charge in [0.15, 0.2) is 17.3 Å². The number of benzene rings is 2. The molecule has 1 amide bonds. The number of nitrogen functional groups attached to an aromatic ring is 1. The Hall–Kier alpha value is -3.88. The first kappa shape index (κ1) is 20.8. The van der Waals surface area contributed by atoms with Gasteiger partial charge in [0.25, 0.3) is 5.91 Å². The smallest absolute Gasteiger partial charge is 0.251 e. The highest BCUT2D eigenvalue weighted by Crippen LogP contribution is 2.26. The summed E-state index contributed by atoms with van der Waals surface area (Å²) in [5.74, 6) is -0.315. The number of amides is 1. The minimum Gasteiger partial charge on any atom is -0.494 e. The molecule has 1 heterocycles. The molecule has 0 aliphatic carbocycles. The fraction of sp³-hybridized carbons (Fsp3) is 0.190. The highest BCUT2D eigenvalue weighted by molar-refractivity contribution is 5.94. The number of nitrogens with one attached hydrogen (secondary N) is 2. The fourth-order valence-electron chi connectivity index (χ4n) is 2.77. The lowest BCUT2D eigenvalue weighted by atomic mass is 10.1. The molecule has 0 aliphatic rings. The van der Waals surface area contributed by atoms with Gasteiger partial charge in [0.2, 0.25) is 5.95 Å². The number of carbonyl (C=O) groups is 1. The van der Waals surface area contributed by atoms with Crippen molar-refractivity contribution in [2.45, 2.75) is 13.5 Å². The maximum atomic E-state index is 14.5. The fourth-order valence-corrected chi connectivity index (χ4v) is 2.77. The van der Waals surface area contributed by atoms with Crippen LogP contribution in [0.5, 0.6) is 11.5 Å². The number of halogens is 1. The molecule has 3 aromatic rings. The number of para-hydroxylation sites is 1. The number of hydrogen-bond acceptors (Lipinski definition) is 7. The first-order chi connectivity index (χ1) is 14.4. The number of anilines is 3. The van der Waals surface area contributed by atoms with Crippen molar-refractivity contribution in [2.75, 3.05) is 25.2 Å². The summed E-state index contributed by atoms with van der Waals surface area (Å²) < 4.78 is 25.1. The Kier molecular flexibility index (Phi) is 6.31. The zero-order valence-corrected chi connectivity index (χ0v) is 16.8. The van der Waals surface area contributed by atoms with E-state index in [4.69, 9.17) is 15.2 Å². The Balaban J connectivity index is 1.73. The summed E-state index contributed by atoms with van der Waals surface area (Å²) in [4.78, 5) is 20.3. The largest absolute Gasteiger partial charge is 0.494 e. The van der Waals surface area contributed by atoms with Crippen LogP contribution in [0.4, 0.5) is 21.7 Å². The molecule has 156 valence electrons. The van der Waals surface area contributed by atoms with Crippen LogP contribution in [0, 0.1) is 12.7 Å². The first-order valence-corrected chi connectivity index (χ1v) is 9.08. The van der Waals surface area contributed by atoms with Gasteiger partial charge in [-0.25, -0.2) is 14.4 Å². The van der Waals surface area contributed by atoms with Gasteiger partial charge in [0, 0.05) is 18.2 Å². The zero-order chi connectivity index (χ0) is 21.7. The molecule has 8 nitrogen and oxygen atoms in total. The summed E-state index contributed by atoms with van der Waals surface area (Å²) in [5.41, 5.74) is 8.68. The normalized spacial score (nSPS) is 10.4. The molecule has 0 fully saturated rings. The number of aryl methyl sites for hydroxylation is 1. The highest BCUT2D eigenvalue weighted by Gasteiger charge is 2.16. The molecule has 4 N–H and O–H groups in total. The van der Waals surface area contributed by atoms with Gasteiger partial charge >= 0.3 is 0 Å². The van der Waals surface area contributed by atoms with Gasteiger partial charge in [-0.15, -0.1) is 0 Å². The van der Waals surface area contributed by atoms with Crippen LogP contribution in [-0.4, -0.2) is 30.0 Å². The minimum atomic E-state index is -0.598. The van der Waals surface area contributed by atoms with Crippen LogP contribution in [0.2, 0.25) is 0 Å². The molecule has 9 heteroatoms. The lowest BCUT2D eigenvalue weighted by molar-refractivity contribution is 0.0962. The van der Waals surface area contributed by atoms with E-state index in [1.54, 1.807) is 6.07 Å². The zero-order valence-electron chi connectivity index (χ0n) is 16.8. The lowest BCUT2D eigenvalue weighted by Gasteiger charge is -2.13. The van der Waals surface area contributed by atoms with E-state index in [1.807, 2.05) is 19.1 Å². The molecule has 2 aromatic carbocycles. The lowest BCUT2D eigenvalue weighted by Crippen LogP contribution is -2.18. The van der Waals surface area contributed by atoms with Crippen molar-refractivity contribution < 1.29 is 18.7 Å². The van der Waals surface area contributed by atoms with Crippen LogP contribution in [0.25, 0.3) is 0 Å². The van der Waals surface area contributed by atoms with Crippen molar-refractivity contribution in [3.63, 3.8) is 0 Å². The Morgan fingerprint density at radius 1 is 1.23 bits per heavy atom. The summed E-state index contributed by atoms with van der Waals surface area (Å²) in [7, 11) is 2.82. The van der Waals surface area contributed by atoms with Crippen LogP contribution in [0.1, 0.15) is 21.5 Å². The van der Waals surface area contributed by atoms with Crippen LogP contribution in [0.15, 0.2) is 42.7 Å². The van der Waals surface area contributed by atoms with Crippen LogP contribution >= 0.6 is 0 Å². The molecule has 30 heavy (non-hydrogen) atoms. The third-order valence-electron chi connectivity index (χ3n) is 4.39. The van der Waals surface area contributed by atoms with Crippen molar-refractivity contribution in [1.29, 1.82) is 0 Å². The number of nitrogens with two attached hydrogens (primary N) is 1. The molecule has 0 saturated carbocycles. The van der Waals surface area contributed by atoms with Gasteiger partial charge in [-0.1, -0.05) is 12.1 Å². The van der Waals surface area contributed by atoms with Gasteiger partial charge in [-0.05, 0) is 30.7 Å². The number of methoxy groups -OCH3 is 1. The molecule has 0 saturated heterocycles. The maximum Gasteiger partial charge on any atom is 0.251 e. The van der Waals surface area contributed by atoms with E-state index in [2.05, 4.69) is 20.6 Å². The summed E-state index contributed by atoms with van der Waals surface area (Å²) in [6.45, 7) is 1.79. The van der Waals surface area contributed by atoms with Gasteiger partial charge in [0.1, 0.15) is 6.61 Å². The maximum absolute atomic E-state index is 14.5. The average molecular weight is 411 g/mol. The van der Waals surface area contributed by atoms with E-state index in [1.165, 1.54) is 38.7 Å². The number of rotatable bonds is 7. The predicted octanol–water partition coefficient (Wildman–Crippen LogP) is 3.20. The summed E-state index contributed by atoms with van der Waals surface area (Å²) in [5, 5.41) is 5.56. The molecule has 0 unspecified atom stereocenters. The Bertz CT molecular complexity index is 1040. The number of carbonyl (C=O) groups excluding carboxylic acids is 1. The predicted molar refractivity (Wildman–Crippen MR) is 112 cm³/mol. The van der Waals surface area contributed by atoms with E-state index in [9.17, 15) is 9.18 Å². The highest BCUT2D eigenvalue weighted by atomic mass is 19.1. The second kappa shape index (κ2) is 9.08. The Morgan fingerprint density at radius 2 is 1.97 bits per heavy atom. The van der Waals surface area contributed by atoms with Crippen molar-refractivity contribution in [2.24, 2.45) is 0 Å². The number of hydrogen-bond donors (Lipinski definition) is 3. The van der Waals surface area contributed by atoms with E-state index >= 15 is 0 Å². The number of aromatic nitrogens is 2. The number of nitrogens with zero attached hydrogens (tertiary/aromatic N) is 2. The second-order valence-electron chi connectivity index (χ2n) is 6.43. The molecule has 0 atom stereocenters. The summed E-state index contributed by atoms with van der Waals surface area (Å²) in [6, 6.07) is 8.31. The first-order valence-electron chi connectivity index (χ1n) is 9.08. The Labute approximate surface area is 173 Å². The van der Waals surface area contributed by atoms with E-state index < -0.39 is 5.82 Å². The number of ether oxygens (including phenoxy) is 2. The van der Waals surface area contributed by atoms with Crippen molar-refractivity contribution in [1.82, 2.24) is 15.3 Å². The average Bonchev–Trinajstić information content (AvgIpc) is 2.76. The van der Waals surface area contributed by atoms with Gasteiger partial charge in [-0.2, -0.15) is 0 Å². The molecule has 1 aromatic heterocycles. The molecule has 0 bridgehead atoms. The minimum absolute atomic E-state index is 0.0404. The summed E-state index contributed by atoms with van der Waals surface area (Å²) >= 11 is 0. The SMILES string of the molecule is CNC(=O)c1cc(COc2cnc(Nc3c(C)cccc3N)nc2)c(F)c(OC)c1. The van der Waals surface area contributed by atoms with E-state index in [0.29, 0.717) is 17.4 Å². The van der Waals surface area contributed by atoms with E-state index in [-0.39, 0.29) is 29.4 Å². The van der Waals surface area contributed by atoms with Crippen molar-refractivity contribution in [3.8, 4) is 11.5 Å². The summed E-state index contributed by atoms with van der Waals surface area (Å²) in [6.07, 6.45) is 2.92. The topological polar surface area (TPSA) is 111 Å². The molecule has 3 rings (SSSR count). The third-order valence-corrected chi connectivity index (χ3v) is 4.39. The van der Waals surface area contributed by atoms with Crippen molar-refractivity contribution >= 4 is 23.2 Å². The molecule has 0 radical (unpaired) electrons. The van der Waals surface area contributed by atoms with Gasteiger partial charge in [-0.3, -0.25) is 4.79 Å². The molecule has 0 aliphatic heterocycles. The van der Waals surface area contributed by atoms with Crippen LogP contribution in [-0.2, 0) is 6.61 Å². The van der Waals surface area contributed by atoms with Crippen LogP contribution in [0.3, 0.4) is 0 Å². The monoisotopic (exact) mass is 411 g/mol. The molecular weight excluding hydrogens is 389 g/mol. The molecule has 0 spiro atoms. The second-order valence-corrected chi connectivity index (χ2v) is 6.43.